The van der Waals surface area contributed by atoms with Crippen LogP contribution in [-0.2, 0) is 4.74 Å². The normalized spacial score (nSPS) is 14.4. The highest BCUT2D eigenvalue weighted by Crippen LogP contribution is 2.35. The molecule has 2 aromatic rings. The second-order valence-electron chi connectivity index (χ2n) is 7.66. The molecule has 8 heteroatoms. The number of amides is 1. The third-order valence-corrected chi connectivity index (χ3v) is 4.44. The van der Waals surface area contributed by atoms with Crippen LogP contribution in [0.15, 0.2) is 18.5 Å². The Hall–Kier alpha value is -3.21. The van der Waals surface area contributed by atoms with Crippen LogP contribution in [-0.4, -0.2) is 66.5 Å². The number of nitrogens with zero attached hydrogens (tertiary/aromatic N) is 4. The summed E-state index contributed by atoms with van der Waals surface area (Å²) in [6.45, 7) is 8.13. The van der Waals surface area contributed by atoms with Crippen molar-refractivity contribution < 1.29 is 19.0 Å². The van der Waals surface area contributed by atoms with Gasteiger partial charge in [0, 0.05) is 37.6 Å². The Morgan fingerprint density at radius 1 is 1.17 bits per heavy atom. The molecule has 8 nitrogen and oxygen atoms in total. The first kappa shape index (κ1) is 20.5. The van der Waals surface area contributed by atoms with Gasteiger partial charge >= 0.3 is 6.09 Å². The first-order chi connectivity index (χ1) is 13.8. The van der Waals surface area contributed by atoms with Crippen molar-refractivity contribution in [2.75, 3.05) is 44.8 Å². The molecule has 0 N–H and O–H groups in total. The van der Waals surface area contributed by atoms with E-state index in [1.54, 1.807) is 18.1 Å². The van der Waals surface area contributed by atoms with E-state index in [1.807, 2.05) is 26.8 Å². The predicted molar refractivity (Wildman–Crippen MR) is 110 cm³/mol. The number of carbonyl (C=O) groups excluding carboxylic acids is 1. The largest absolute Gasteiger partial charge is 0.493 e. The number of hydrogen-bond donors (Lipinski definition) is 0. The van der Waals surface area contributed by atoms with Gasteiger partial charge in [0.1, 0.15) is 24.4 Å². The zero-order chi connectivity index (χ0) is 21.0. The number of ether oxygens (including phenoxy) is 3. The van der Waals surface area contributed by atoms with Crippen molar-refractivity contribution in [2.45, 2.75) is 26.4 Å². The number of fused-ring (bicyclic) bond motifs is 1. The second-order valence-corrected chi connectivity index (χ2v) is 7.66. The van der Waals surface area contributed by atoms with Gasteiger partial charge in [-0.2, -0.15) is 0 Å². The van der Waals surface area contributed by atoms with E-state index in [0.29, 0.717) is 37.7 Å². The molecule has 0 unspecified atom stereocenters. The van der Waals surface area contributed by atoms with Gasteiger partial charge in [-0.15, -0.1) is 6.42 Å². The van der Waals surface area contributed by atoms with Crippen LogP contribution in [0.25, 0.3) is 10.9 Å². The summed E-state index contributed by atoms with van der Waals surface area (Å²) in [7, 11) is 1.58. The fraction of sp³-hybridized carbons (Fsp3) is 0.476. The van der Waals surface area contributed by atoms with Crippen LogP contribution < -0.4 is 14.4 Å². The maximum absolute atomic E-state index is 12.3. The molecule has 0 spiro atoms. The summed E-state index contributed by atoms with van der Waals surface area (Å²) in [5, 5.41) is 0.850. The van der Waals surface area contributed by atoms with Crippen LogP contribution >= 0.6 is 0 Å². The number of carbonyl (C=O) groups is 1. The Balaban J connectivity index is 1.80. The van der Waals surface area contributed by atoms with Gasteiger partial charge in [0.2, 0.25) is 0 Å². The molecule has 1 aromatic carbocycles. The Bertz CT molecular complexity index is 925. The molecule has 154 valence electrons. The second kappa shape index (κ2) is 8.43. The van der Waals surface area contributed by atoms with Gasteiger partial charge in [-0.05, 0) is 26.8 Å². The van der Waals surface area contributed by atoms with Gasteiger partial charge in [0.05, 0.1) is 12.6 Å². The minimum atomic E-state index is -0.507. The molecular weight excluding hydrogens is 372 g/mol. The lowest BCUT2D eigenvalue weighted by Gasteiger charge is -2.36. The van der Waals surface area contributed by atoms with Crippen molar-refractivity contribution in [1.29, 1.82) is 0 Å². The molecule has 0 saturated carbocycles. The first-order valence-corrected chi connectivity index (χ1v) is 9.44. The lowest BCUT2D eigenvalue weighted by Crippen LogP contribution is -2.50. The van der Waals surface area contributed by atoms with E-state index < -0.39 is 5.60 Å². The highest BCUT2D eigenvalue weighted by atomic mass is 16.6. The van der Waals surface area contributed by atoms with Crippen molar-refractivity contribution in [3.8, 4) is 23.8 Å². The van der Waals surface area contributed by atoms with E-state index in [1.165, 1.54) is 6.33 Å². The van der Waals surface area contributed by atoms with Gasteiger partial charge in [0.25, 0.3) is 0 Å². The lowest BCUT2D eigenvalue weighted by atomic mass is 10.2. The van der Waals surface area contributed by atoms with E-state index in [4.69, 9.17) is 20.6 Å². The lowest BCUT2D eigenvalue weighted by molar-refractivity contribution is 0.0240. The van der Waals surface area contributed by atoms with Crippen LogP contribution in [0.3, 0.4) is 0 Å². The van der Waals surface area contributed by atoms with Crippen LogP contribution in [0.2, 0.25) is 0 Å². The fourth-order valence-corrected chi connectivity index (χ4v) is 3.12. The molecule has 1 aliphatic heterocycles. The molecule has 0 bridgehead atoms. The third kappa shape index (κ3) is 4.80. The summed E-state index contributed by atoms with van der Waals surface area (Å²) >= 11 is 0. The van der Waals surface area contributed by atoms with Gasteiger partial charge in [-0.25, -0.2) is 14.8 Å². The maximum Gasteiger partial charge on any atom is 0.410 e. The highest BCUT2D eigenvalue weighted by molar-refractivity contribution is 5.92. The standard InChI is InChI=1S/C21H26N4O4/c1-6-11-28-18-13-16-15(12-17(18)27-5)19(23-14-22-16)24-7-9-25(10-8-24)20(26)29-21(2,3)4/h1,12-14H,7-11H2,2-5H3. The quantitative estimate of drug-likeness (QED) is 0.733. The topological polar surface area (TPSA) is 77.0 Å². The van der Waals surface area contributed by atoms with Gasteiger partial charge in [-0.1, -0.05) is 5.92 Å². The number of piperazine rings is 1. The molecule has 2 heterocycles. The van der Waals surface area contributed by atoms with Crippen molar-refractivity contribution >= 4 is 22.8 Å². The highest BCUT2D eigenvalue weighted by Gasteiger charge is 2.27. The molecule has 0 radical (unpaired) electrons. The minimum Gasteiger partial charge on any atom is -0.493 e. The molecule has 29 heavy (non-hydrogen) atoms. The van der Waals surface area contributed by atoms with Crippen LogP contribution in [0.1, 0.15) is 20.8 Å². The molecule has 3 rings (SSSR count). The van der Waals surface area contributed by atoms with E-state index in [2.05, 4.69) is 20.8 Å². The van der Waals surface area contributed by atoms with Gasteiger partial charge in [-0.3, -0.25) is 0 Å². The number of hydrogen-bond acceptors (Lipinski definition) is 7. The number of benzene rings is 1. The maximum atomic E-state index is 12.3. The summed E-state index contributed by atoms with van der Waals surface area (Å²) in [5.74, 6) is 4.34. The number of terminal acetylenes is 1. The van der Waals surface area contributed by atoms with Crippen molar-refractivity contribution in [3.63, 3.8) is 0 Å². The Labute approximate surface area is 170 Å². The molecule has 1 aromatic heterocycles. The van der Waals surface area contributed by atoms with Crippen molar-refractivity contribution in [3.05, 3.63) is 18.5 Å². The molecule has 1 aliphatic rings. The summed E-state index contributed by atoms with van der Waals surface area (Å²) in [6, 6.07) is 3.66. The van der Waals surface area contributed by atoms with E-state index in [-0.39, 0.29) is 12.7 Å². The van der Waals surface area contributed by atoms with E-state index >= 15 is 0 Å². The fourth-order valence-electron chi connectivity index (χ4n) is 3.12. The van der Waals surface area contributed by atoms with Gasteiger partial charge < -0.3 is 24.0 Å². The molecule has 1 saturated heterocycles. The summed E-state index contributed by atoms with van der Waals surface area (Å²) in [5.41, 5.74) is 0.227. The van der Waals surface area contributed by atoms with Crippen LogP contribution in [0.4, 0.5) is 10.6 Å². The average molecular weight is 398 g/mol. The zero-order valence-electron chi connectivity index (χ0n) is 17.3. The van der Waals surface area contributed by atoms with Crippen molar-refractivity contribution in [1.82, 2.24) is 14.9 Å². The number of anilines is 1. The van der Waals surface area contributed by atoms with Crippen molar-refractivity contribution in [2.24, 2.45) is 0 Å². The summed E-state index contributed by atoms with van der Waals surface area (Å²) in [4.78, 5) is 25.0. The van der Waals surface area contributed by atoms with E-state index in [0.717, 1.165) is 16.7 Å². The number of methoxy groups -OCH3 is 1. The summed E-state index contributed by atoms with van der Waals surface area (Å²) in [6.07, 6.45) is 6.52. The number of rotatable bonds is 4. The number of aromatic nitrogens is 2. The SMILES string of the molecule is C#CCOc1cc2ncnc(N3CCN(C(=O)OC(C)(C)C)CC3)c2cc1OC. The molecule has 1 fully saturated rings. The summed E-state index contributed by atoms with van der Waals surface area (Å²) < 4.78 is 16.5. The third-order valence-electron chi connectivity index (χ3n) is 4.44. The zero-order valence-corrected chi connectivity index (χ0v) is 17.3. The predicted octanol–water partition coefficient (Wildman–Crippen LogP) is 2.71. The monoisotopic (exact) mass is 398 g/mol. The smallest absolute Gasteiger partial charge is 0.410 e. The Kier molecular flexibility index (Phi) is 5.97. The Morgan fingerprint density at radius 2 is 1.90 bits per heavy atom. The van der Waals surface area contributed by atoms with Gasteiger partial charge in [0.15, 0.2) is 11.5 Å². The van der Waals surface area contributed by atoms with Crippen LogP contribution in [0, 0.1) is 12.3 Å². The van der Waals surface area contributed by atoms with Crippen LogP contribution in [0.5, 0.6) is 11.5 Å². The molecule has 0 atom stereocenters. The van der Waals surface area contributed by atoms with E-state index in [9.17, 15) is 4.79 Å². The molecule has 0 aliphatic carbocycles. The first-order valence-electron chi connectivity index (χ1n) is 9.44. The molecular formula is C21H26N4O4. The minimum absolute atomic E-state index is 0.145. The molecule has 1 amide bonds. The Morgan fingerprint density at radius 3 is 2.52 bits per heavy atom. The average Bonchev–Trinajstić information content (AvgIpc) is 2.69.